The second-order valence-corrected chi connectivity index (χ2v) is 5.79. The van der Waals surface area contributed by atoms with Gasteiger partial charge in [-0.05, 0) is 25.5 Å². The Kier molecular flexibility index (Phi) is 5.58. The number of para-hydroxylation sites is 1. The van der Waals surface area contributed by atoms with Crippen LogP contribution in [0.4, 0.5) is 0 Å². The maximum atomic E-state index is 10.5. The van der Waals surface area contributed by atoms with Gasteiger partial charge in [-0.25, -0.2) is 0 Å². The minimum absolute atomic E-state index is 0.422. The normalized spacial score (nSPS) is 12.7. The Labute approximate surface area is 133 Å². The first-order valence-electron chi connectivity index (χ1n) is 7.75. The summed E-state index contributed by atoms with van der Waals surface area (Å²) in [6.45, 7) is 14.5. The second kappa shape index (κ2) is 7.43. The lowest BCUT2D eigenvalue weighted by Gasteiger charge is -2.23. The van der Waals surface area contributed by atoms with Crippen LogP contribution in [0, 0.1) is 13.8 Å². The number of aromatic nitrogens is 1. The SMILES string of the molecule is C=CCN(CC=C)C[C@H](O)Cn1c(C)c(C)c2ccccc21. The van der Waals surface area contributed by atoms with Gasteiger partial charge in [0.1, 0.15) is 0 Å². The number of hydrogen-bond donors (Lipinski definition) is 1. The number of benzene rings is 1. The summed E-state index contributed by atoms with van der Waals surface area (Å²) >= 11 is 0. The topological polar surface area (TPSA) is 28.4 Å². The van der Waals surface area contributed by atoms with Crippen LogP contribution in [-0.4, -0.2) is 40.3 Å². The minimum atomic E-state index is -0.422. The summed E-state index contributed by atoms with van der Waals surface area (Å²) in [7, 11) is 0. The average Bonchev–Trinajstić information content (AvgIpc) is 2.73. The molecule has 3 heteroatoms. The van der Waals surface area contributed by atoms with Crippen molar-refractivity contribution in [1.82, 2.24) is 9.47 Å². The first kappa shape index (κ1) is 16.5. The van der Waals surface area contributed by atoms with Crippen molar-refractivity contribution in [3.8, 4) is 0 Å². The molecule has 0 amide bonds. The molecule has 0 saturated heterocycles. The molecule has 1 atom stereocenters. The zero-order valence-electron chi connectivity index (χ0n) is 13.6. The molecule has 118 valence electrons. The van der Waals surface area contributed by atoms with Crippen LogP contribution < -0.4 is 0 Å². The standard InChI is InChI=1S/C19H26N2O/c1-5-11-20(12-6-2)13-17(22)14-21-16(4)15(3)18-9-7-8-10-19(18)21/h5-10,17,22H,1-2,11-14H2,3-4H3/t17-/m0/s1. The smallest absolute Gasteiger partial charge is 0.0846 e. The molecule has 0 aliphatic rings. The van der Waals surface area contributed by atoms with E-state index < -0.39 is 6.10 Å². The highest BCUT2D eigenvalue weighted by Gasteiger charge is 2.15. The highest BCUT2D eigenvalue weighted by molar-refractivity contribution is 5.85. The van der Waals surface area contributed by atoms with E-state index >= 15 is 0 Å². The van der Waals surface area contributed by atoms with Crippen LogP contribution in [0.5, 0.6) is 0 Å². The molecular weight excluding hydrogens is 272 g/mol. The summed E-state index contributed by atoms with van der Waals surface area (Å²) in [6, 6.07) is 8.37. The van der Waals surface area contributed by atoms with Crippen LogP contribution in [0.1, 0.15) is 11.3 Å². The van der Waals surface area contributed by atoms with Crippen LogP contribution >= 0.6 is 0 Å². The summed E-state index contributed by atoms with van der Waals surface area (Å²) in [5, 5.41) is 11.8. The van der Waals surface area contributed by atoms with Gasteiger partial charge in [0.05, 0.1) is 12.6 Å². The van der Waals surface area contributed by atoms with Crippen molar-refractivity contribution < 1.29 is 5.11 Å². The number of rotatable bonds is 8. The van der Waals surface area contributed by atoms with Crippen LogP contribution in [-0.2, 0) is 6.54 Å². The molecule has 2 aromatic rings. The Bertz CT molecular complexity index is 647. The number of nitrogens with zero attached hydrogens (tertiary/aromatic N) is 2. The molecular formula is C19H26N2O. The highest BCUT2D eigenvalue weighted by atomic mass is 16.3. The number of aliphatic hydroxyl groups is 1. The number of hydrogen-bond acceptors (Lipinski definition) is 2. The summed E-state index contributed by atoms with van der Waals surface area (Å²) < 4.78 is 2.22. The Morgan fingerprint density at radius 3 is 2.45 bits per heavy atom. The van der Waals surface area contributed by atoms with Crippen LogP contribution in [0.3, 0.4) is 0 Å². The first-order valence-corrected chi connectivity index (χ1v) is 7.75. The van der Waals surface area contributed by atoms with Crippen molar-refractivity contribution in [3.05, 3.63) is 60.8 Å². The third kappa shape index (κ3) is 3.49. The molecule has 1 aromatic carbocycles. The molecule has 1 N–H and O–H groups in total. The van der Waals surface area contributed by atoms with E-state index in [9.17, 15) is 5.11 Å². The predicted molar refractivity (Wildman–Crippen MR) is 94.3 cm³/mol. The fourth-order valence-electron chi connectivity index (χ4n) is 2.99. The minimum Gasteiger partial charge on any atom is -0.390 e. The van der Waals surface area contributed by atoms with E-state index in [2.05, 4.69) is 54.7 Å². The average molecular weight is 298 g/mol. The van der Waals surface area contributed by atoms with Crippen molar-refractivity contribution >= 4 is 10.9 Å². The zero-order valence-corrected chi connectivity index (χ0v) is 13.6. The fraction of sp³-hybridized carbons (Fsp3) is 0.368. The largest absolute Gasteiger partial charge is 0.390 e. The third-order valence-corrected chi connectivity index (χ3v) is 4.18. The number of aliphatic hydroxyl groups excluding tert-OH is 1. The first-order chi connectivity index (χ1) is 10.6. The summed E-state index contributed by atoms with van der Waals surface area (Å²) in [5.74, 6) is 0. The highest BCUT2D eigenvalue weighted by Crippen LogP contribution is 2.25. The van der Waals surface area contributed by atoms with Crippen molar-refractivity contribution in [1.29, 1.82) is 0 Å². The van der Waals surface area contributed by atoms with Crippen LogP contribution in [0.2, 0.25) is 0 Å². The van der Waals surface area contributed by atoms with Gasteiger partial charge >= 0.3 is 0 Å². The molecule has 0 bridgehead atoms. The van der Waals surface area contributed by atoms with Crippen molar-refractivity contribution in [2.24, 2.45) is 0 Å². The Balaban J connectivity index is 2.18. The monoisotopic (exact) mass is 298 g/mol. The summed E-state index contributed by atoms with van der Waals surface area (Å²) in [6.07, 6.45) is 3.29. The lowest BCUT2D eigenvalue weighted by Crippen LogP contribution is -2.35. The Morgan fingerprint density at radius 1 is 1.18 bits per heavy atom. The van der Waals surface area contributed by atoms with Gasteiger partial charge in [0, 0.05) is 36.2 Å². The lowest BCUT2D eigenvalue weighted by atomic mass is 10.2. The van der Waals surface area contributed by atoms with Crippen LogP contribution in [0.15, 0.2) is 49.6 Å². The molecule has 1 heterocycles. The molecule has 3 nitrogen and oxygen atoms in total. The van der Waals surface area contributed by atoms with Crippen molar-refractivity contribution in [3.63, 3.8) is 0 Å². The maximum Gasteiger partial charge on any atom is 0.0846 e. The zero-order chi connectivity index (χ0) is 16.1. The molecule has 0 aliphatic carbocycles. The third-order valence-electron chi connectivity index (χ3n) is 4.18. The van der Waals surface area contributed by atoms with E-state index in [4.69, 9.17) is 0 Å². The molecule has 1 aromatic heterocycles. The van der Waals surface area contributed by atoms with Crippen LogP contribution in [0.25, 0.3) is 10.9 Å². The number of fused-ring (bicyclic) bond motifs is 1. The van der Waals surface area contributed by atoms with Gasteiger partial charge in [-0.1, -0.05) is 30.4 Å². The molecule has 2 rings (SSSR count). The van der Waals surface area contributed by atoms with Gasteiger partial charge in [0.2, 0.25) is 0 Å². The lowest BCUT2D eigenvalue weighted by molar-refractivity contribution is 0.109. The van der Waals surface area contributed by atoms with Crippen molar-refractivity contribution in [2.75, 3.05) is 19.6 Å². The van der Waals surface area contributed by atoms with E-state index in [1.165, 1.54) is 22.2 Å². The number of aryl methyl sites for hydroxylation is 1. The summed E-state index contributed by atoms with van der Waals surface area (Å²) in [4.78, 5) is 2.14. The van der Waals surface area contributed by atoms with Gasteiger partial charge < -0.3 is 9.67 Å². The Morgan fingerprint density at radius 2 is 1.82 bits per heavy atom. The van der Waals surface area contributed by atoms with E-state index in [0.29, 0.717) is 13.1 Å². The molecule has 0 fully saturated rings. The molecule has 0 aliphatic heterocycles. The summed E-state index contributed by atoms with van der Waals surface area (Å²) in [5.41, 5.74) is 3.70. The van der Waals surface area contributed by atoms with Gasteiger partial charge in [-0.2, -0.15) is 0 Å². The van der Waals surface area contributed by atoms with Gasteiger partial charge in [-0.15, -0.1) is 13.2 Å². The van der Waals surface area contributed by atoms with Gasteiger partial charge in [-0.3, -0.25) is 4.90 Å². The predicted octanol–water partition coefficient (Wildman–Crippen LogP) is 3.29. The van der Waals surface area contributed by atoms with E-state index in [1.807, 2.05) is 18.2 Å². The molecule has 0 spiro atoms. The maximum absolute atomic E-state index is 10.5. The van der Waals surface area contributed by atoms with E-state index in [-0.39, 0.29) is 0 Å². The molecule has 0 unspecified atom stereocenters. The quantitative estimate of drug-likeness (QED) is 0.758. The van der Waals surface area contributed by atoms with E-state index in [0.717, 1.165) is 13.1 Å². The fourth-order valence-corrected chi connectivity index (χ4v) is 2.99. The van der Waals surface area contributed by atoms with Crippen molar-refractivity contribution in [2.45, 2.75) is 26.5 Å². The van der Waals surface area contributed by atoms with E-state index in [1.54, 1.807) is 0 Å². The van der Waals surface area contributed by atoms with Gasteiger partial charge in [0.15, 0.2) is 0 Å². The second-order valence-electron chi connectivity index (χ2n) is 5.79. The molecule has 0 saturated carbocycles. The Hall–Kier alpha value is -1.84. The van der Waals surface area contributed by atoms with Gasteiger partial charge in [0.25, 0.3) is 0 Å². The molecule has 22 heavy (non-hydrogen) atoms. The molecule has 0 radical (unpaired) electrons.